The third-order valence-corrected chi connectivity index (χ3v) is 3.24. The third kappa shape index (κ3) is 3.64. The zero-order valence-corrected chi connectivity index (χ0v) is 12.5. The van der Waals surface area contributed by atoms with Crippen LogP contribution >= 0.6 is 0 Å². The van der Waals surface area contributed by atoms with Crippen LogP contribution in [0.15, 0.2) is 35.8 Å². The van der Waals surface area contributed by atoms with Crippen molar-refractivity contribution in [3.63, 3.8) is 0 Å². The molecule has 0 saturated carbocycles. The highest BCUT2D eigenvalue weighted by atomic mass is 15.3. The van der Waals surface area contributed by atoms with Crippen LogP contribution in [0.1, 0.15) is 20.8 Å². The van der Waals surface area contributed by atoms with E-state index in [1.54, 1.807) is 0 Å². The molecule has 0 aromatic carbocycles. The zero-order chi connectivity index (χ0) is 13.7. The van der Waals surface area contributed by atoms with Crippen molar-refractivity contribution < 1.29 is 0 Å². The molecular formula is C12H23B3N3. The summed E-state index contributed by atoms with van der Waals surface area (Å²) in [5.74, 6) is 4.51. The molecule has 3 nitrogen and oxygen atoms in total. The Morgan fingerprint density at radius 2 is 1.61 bits per heavy atom. The summed E-state index contributed by atoms with van der Waals surface area (Å²) in [6.07, 6.45) is 6.33. The van der Waals surface area contributed by atoms with E-state index in [1.807, 2.05) is 6.92 Å². The SMILES string of the molecule is CC=CB1N(C)[B]N(C)B(C=C(C)C=CC)N1C. The number of hydrogen-bond acceptors (Lipinski definition) is 3. The van der Waals surface area contributed by atoms with Gasteiger partial charge in [0.2, 0.25) is 0 Å². The minimum Gasteiger partial charge on any atom is -0.360 e. The minimum absolute atomic E-state index is 0.290. The molecule has 0 aliphatic carbocycles. The van der Waals surface area contributed by atoms with E-state index in [-0.39, 0.29) is 0 Å². The average Bonchev–Trinajstić information content (AvgIpc) is 2.30. The molecule has 0 aromatic heterocycles. The van der Waals surface area contributed by atoms with Crippen molar-refractivity contribution in [1.29, 1.82) is 0 Å². The monoisotopic (exact) mass is 242 g/mol. The molecule has 1 rings (SSSR count). The van der Waals surface area contributed by atoms with Gasteiger partial charge in [-0.3, -0.25) is 0 Å². The Balaban J connectivity index is 2.92. The molecule has 95 valence electrons. The van der Waals surface area contributed by atoms with Gasteiger partial charge in [-0.1, -0.05) is 35.8 Å². The molecule has 1 radical (unpaired) electrons. The fraction of sp³-hybridized carbons (Fsp3) is 0.500. The van der Waals surface area contributed by atoms with Crippen molar-refractivity contribution in [3.8, 4) is 0 Å². The molecular weight excluding hydrogens is 219 g/mol. The molecule has 1 heterocycles. The Kier molecular flexibility index (Phi) is 5.99. The number of nitrogens with zero attached hydrogens (tertiary/aromatic N) is 3. The zero-order valence-electron chi connectivity index (χ0n) is 12.5. The Labute approximate surface area is 114 Å². The quantitative estimate of drug-likeness (QED) is 0.548. The largest absolute Gasteiger partial charge is 0.360 e. The predicted molar refractivity (Wildman–Crippen MR) is 83.9 cm³/mol. The highest BCUT2D eigenvalue weighted by Gasteiger charge is 2.38. The summed E-state index contributed by atoms with van der Waals surface area (Å²) in [7, 11) is 8.54. The van der Waals surface area contributed by atoms with Gasteiger partial charge in [0.25, 0.3) is 7.55 Å². The summed E-state index contributed by atoms with van der Waals surface area (Å²) in [6, 6.07) is 0. The Morgan fingerprint density at radius 1 is 1.00 bits per heavy atom. The Bertz CT molecular complexity index is 354. The summed E-state index contributed by atoms with van der Waals surface area (Å²) in [5, 5.41) is 0. The predicted octanol–water partition coefficient (Wildman–Crippen LogP) is 1.48. The van der Waals surface area contributed by atoms with Crippen LogP contribution in [-0.2, 0) is 0 Å². The van der Waals surface area contributed by atoms with Gasteiger partial charge in [0.1, 0.15) is 0 Å². The Hall–Kier alpha value is -0.705. The van der Waals surface area contributed by atoms with Crippen LogP contribution in [0.4, 0.5) is 0 Å². The van der Waals surface area contributed by atoms with Gasteiger partial charge in [-0.2, -0.15) is 0 Å². The summed E-state index contributed by atoms with van der Waals surface area (Å²) in [4.78, 5) is 0. The van der Waals surface area contributed by atoms with Crippen molar-refractivity contribution >= 4 is 21.5 Å². The number of allylic oxidation sites excluding steroid dienone is 4. The van der Waals surface area contributed by atoms with E-state index in [4.69, 9.17) is 0 Å². The van der Waals surface area contributed by atoms with Gasteiger partial charge in [0.15, 0.2) is 0 Å². The van der Waals surface area contributed by atoms with Crippen molar-refractivity contribution in [1.82, 2.24) is 14.2 Å². The van der Waals surface area contributed by atoms with Gasteiger partial charge in [0.05, 0.1) is 0 Å². The highest BCUT2D eigenvalue weighted by Crippen LogP contribution is 2.13. The molecule has 0 bridgehead atoms. The lowest BCUT2D eigenvalue weighted by atomic mass is 9.50. The highest BCUT2D eigenvalue weighted by molar-refractivity contribution is 6.84. The first-order valence-electron chi connectivity index (χ1n) is 6.46. The van der Waals surface area contributed by atoms with Crippen LogP contribution in [-0.4, -0.2) is 56.8 Å². The topological polar surface area (TPSA) is 9.72 Å². The van der Waals surface area contributed by atoms with Gasteiger partial charge in [-0.25, -0.2) is 0 Å². The van der Waals surface area contributed by atoms with Crippen molar-refractivity contribution in [2.24, 2.45) is 0 Å². The maximum Gasteiger partial charge on any atom is 0.317 e. The third-order valence-electron chi connectivity index (χ3n) is 3.24. The standard InChI is InChI=1S/C12H23B3N3/c1-7-9-12(3)11-15-17(5)13-16(4)14(10-8-2)18(15)6/h7-11H,1-6H3. The molecule has 18 heavy (non-hydrogen) atoms. The normalized spacial score (nSPS) is 21.3. The average molecular weight is 242 g/mol. The lowest BCUT2D eigenvalue weighted by molar-refractivity contribution is 0.571. The lowest BCUT2D eigenvalue weighted by Gasteiger charge is -2.44. The second-order valence-corrected chi connectivity index (χ2v) is 4.88. The first kappa shape index (κ1) is 15.4. The van der Waals surface area contributed by atoms with Crippen LogP contribution in [0, 0.1) is 0 Å². The molecule has 0 N–H and O–H groups in total. The summed E-state index contributed by atoms with van der Waals surface area (Å²) >= 11 is 0. The van der Waals surface area contributed by atoms with E-state index in [2.05, 4.69) is 86.9 Å². The van der Waals surface area contributed by atoms with Crippen LogP contribution in [0.3, 0.4) is 0 Å². The smallest absolute Gasteiger partial charge is 0.317 e. The molecule has 0 amide bonds. The lowest BCUT2D eigenvalue weighted by Crippen LogP contribution is -2.69. The van der Waals surface area contributed by atoms with Crippen LogP contribution < -0.4 is 0 Å². The summed E-state index contributed by atoms with van der Waals surface area (Å²) < 4.78 is 6.80. The van der Waals surface area contributed by atoms with E-state index in [0.717, 1.165) is 0 Å². The van der Waals surface area contributed by atoms with Gasteiger partial charge in [-0.15, -0.1) is 0 Å². The van der Waals surface area contributed by atoms with Gasteiger partial charge >= 0.3 is 14.0 Å². The maximum atomic E-state index is 2.35. The van der Waals surface area contributed by atoms with Crippen LogP contribution in [0.2, 0.25) is 0 Å². The molecule has 1 aliphatic heterocycles. The molecule has 1 saturated heterocycles. The molecule has 1 aliphatic rings. The van der Waals surface area contributed by atoms with E-state index in [0.29, 0.717) is 14.0 Å². The van der Waals surface area contributed by atoms with Crippen molar-refractivity contribution in [2.45, 2.75) is 20.8 Å². The van der Waals surface area contributed by atoms with Crippen LogP contribution in [0.25, 0.3) is 0 Å². The molecule has 0 unspecified atom stereocenters. The van der Waals surface area contributed by atoms with E-state index in [1.165, 1.54) is 5.57 Å². The van der Waals surface area contributed by atoms with E-state index >= 15 is 0 Å². The van der Waals surface area contributed by atoms with Crippen LogP contribution in [0.5, 0.6) is 0 Å². The fourth-order valence-corrected chi connectivity index (χ4v) is 2.39. The van der Waals surface area contributed by atoms with Gasteiger partial charge in [-0.05, 0) is 41.9 Å². The number of hydrogen-bond donors (Lipinski definition) is 0. The van der Waals surface area contributed by atoms with Gasteiger partial charge in [0, 0.05) is 0 Å². The van der Waals surface area contributed by atoms with Crippen molar-refractivity contribution in [3.05, 3.63) is 35.8 Å². The second-order valence-electron chi connectivity index (χ2n) is 4.88. The molecule has 1 fully saturated rings. The van der Waals surface area contributed by atoms with E-state index < -0.39 is 0 Å². The molecule has 0 spiro atoms. The second kappa shape index (κ2) is 7.02. The van der Waals surface area contributed by atoms with E-state index in [9.17, 15) is 0 Å². The maximum absolute atomic E-state index is 2.35. The minimum atomic E-state index is 0.290. The number of rotatable bonds is 3. The van der Waals surface area contributed by atoms with Crippen molar-refractivity contribution in [2.75, 3.05) is 21.1 Å². The summed E-state index contributed by atoms with van der Waals surface area (Å²) in [6.45, 7) is 6.86. The molecule has 6 heteroatoms. The fourth-order valence-electron chi connectivity index (χ4n) is 2.39. The molecule has 0 atom stereocenters. The first-order chi connectivity index (χ1) is 8.51. The summed E-state index contributed by atoms with van der Waals surface area (Å²) in [5.41, 5.74) is 1.29. The first-order valence-corrected chi connectivity index (χ1v) is 6.46. The molecule has 0 aromatic rings. The Morgan fingerprint density at radius 3 is 2.17 bits per heavy atom. The van der Waals surface area contributed by atoms with Gasteiger partial charge < -0.3 is 14.2 Å².